The van der Waals surface area contributed by atoms with E-state index in [4.69, 9.17) is 9.47 Å². The molecule has 0 radical (unpaired) electrons. The number of hydrogen-bond donors (Lipinski definition) is 2. The molecule has 9 heteroatoms. The van der Waals surface area contributed by atoms with E-state index < -0.39 is 0 Å². The van der Waals surface area contributed by atoms with Crippen LogP contribution in [-0.4, -0.2) is 91.8 Å². The Morgan fingerprint density at radius 2 is 1.63 bits per heavy atom. The zero-order valence-corrected chi connectivity index (χ0v) is 24.9. The third kappa shape index (κ3) is 7.31. The number of ether oxygens (including phenoxy) is 2. The van der Waals surface area contributed by atoms with E-state index in [-0.39, 0.29) is 17.2 Å². The van der Waals surface area contributed by atoms with Crippen LogP contribution in [0.5, 0.6) is 5.75 Å². The van der Waals surface area contributed by atoms with E-state index in [1.807, 2.05) is 12.1 Å². The van der Waals surface area contributed by atoms with Crippen molar-refractivity contribution >= 4 is 11.8 Å². The molecule has 0 aliphatic carbocycles. The summed E-state index contributed by atoms with van der Waals surface area (Å²) < 4.78 is 13.8. The van der Waals surface area contributed by atoms with Gasteiger partial charge in [-0.25, -0.2) is 0 Å². The van der Waals surface area contributed by atoms with Crippen LogP contribution in [0.2, 0.25) is 0 Å². The second-order valence-electron chi connectivity index (χ2n) is 11.9. The molecule has 2 aromatic rings. The monoisotopic (exact) mass is 565 g/mol. The summed E-state index contributed by atoms with van der Waals surface area (Å²) in [6.07, 6.45) is 4.31. The molecule has 0 bridgehead atoms. The van der Waals surface area contributed by atoms with Gasteiger partial charge in [0.05, 0.1) is 30.7 Å². The van der Waals surface area contributed by atoms with Crippen LogP contribution in [0, 0.1) is 19.3 Å². The average molecular weight is 566 g/mol. The summed E-state index contributed by atoms with van der Waals surface area (Å²) in [6.45, 7) is 14.3. The normalized spacial score (nSPS) is 21.4. The number of likely N-dealkylation sites (tertiary alicyclic amines) is 1. The van der Waals surface area contributed by atoms with Crippen molar-refractivity contribution in [3.8, 4) is 5.75 Å². The van der Waals surface area contributed by atoms with Gasteiger partial charge in [0, 0.05) is 50.7 Å². The molecular formula is C32H47N5O4. The quantitative estimate of drug-likeness (QED) is 0.580. The lowest BCUT2D eigenvalue weighted by atomic mass is 9.73. The Bertz CT molecular complexity index is 1180. The molecule has 2 fully saturated rings. The summed E-state index contributed by atoms with van der Waals surface area (Å²) in [6, 6.07) is 9.63. The molecule has 2 saturated heterocycles. The number of benzene rings is 1. The molecule has 3 aliphatic heterocycles. The van der Waals surface area contributed by atoms with Crippen LogP contribution >= 0.6 is 0 Å². The van der Waals surface area contributed by atoms with Crippen molar-refractivity contribution in [3.63, 3.8) is 0 Å². The number of fused-ring (bicyclic) bond motifs is 1. The van der Waals surface area contributed by atoms with Gasteiger partial charge in [-0.2, -0.15) is 0 Å². The minimum atomic E-state index is -0.364. The molecule has 1 aromatic carbocycles. The Balaban J connectivity index is 1.17. The number of hydrogen-bond acceptors (Lipinski definition) is 6. The Morgan fingerprint density at radius 3 is 2.44 bits per heavy atom. The predicted molar refractivity (Wildman–Crippen MR) is 159 cm³/mol. The fourth-order valence-corrected chi connectivity index (χ4v) is 6.59. The van der Waals surface area contributed by atoms with E-state index in [0.29, 0.717) is 31.0 Å². The lowest BCUT2D eigenvalue weighted by molar-refractivity contribution is -0.134. The van der Waals surface area contributed by atoms with Gasteiger partial charge in [-0.15, -0.1) is 0 Å². The van der Waals surface area contributed by atoms with Crippen LogP contribution in [0.3, 0.4) is 0 Å². The fourth-order valence-electron chi connectivity index (χ4n) is 6.59. The van der Waals surface area contributed by atoms with E-state index in [0.717, 1.165) is 91.1 Å². The van der Waals surface area contributed by atoms with E-state index in [1.54, 1.807) is 12.1 Å². The van der Waals surface area contributed by atoms with E-state index in [9.17, 15) is 9.59 Å². The average Bonchev–Trinajstić information content (AvgIpc) is 3.26. The van der Waals surface area contributed by atoms with Gasteiger partial charge in [0.2, 0.25) is 5.91 Å². The first-order valence-electron chi connectivity index (χ1n) is 15.4. The molecule has 2 amide bonds. The highest BCUT2D eigenvalue weighted by Gasteiger charge is 2.40. The van der Waals surface area contributed by atoms with Crippen molar-refractivity contribution in [2.45, 2.75) is 59.0 Å². The molecular weight excluding hydrogens is 518 g/mol. The number of nitrogens with one attached hydrogen (secondary N) is 2. The van der Waals surface area contributed by atoms with Crippen LogP contribution in [0.15, 0.2) is 30.3 Å². The van der Waals surface area contributed by atoms with Gasteiger partial charge < -0.3 is 24.7 Å². The Morgan fingerprint density at radius 1 is 0.854 bits per heavy atom. The van der Waals surface area contributed by atoms with Gasteiger partial charge in [0.15, 0.2) is 0 Å². The van der Waals surface area contributed by atoms with Gasteiger partial charge in [-0.05, 0) is 76.4 Å². The molecule has 1 spiro atoms. The number of aryl methyl sites for hydroxylation is 1. The van der Waals surface area contributed by atoms with Crippen molar-refractivity contribution in [1.82, 2.24) is 25.0 Å². The molecule has 0 atom stereocenters. The summed E-state index contributed by atoms with van der Waals surface area (Å²) in [4.78, 5) is 31.2. The molecule has 4 heterocycles. The van der Waals surface area contributed by atoms with Gasteiger partial charge in [-0.1, -0.05) is 18.6 Å². The van der Waals surface area contributed by atoms with Crippen LogP contribution in [-0.2, 0) is 22.6 Å². The highest BCUT2D eigenvalue weighted by Crippen LogP contribution is 2.38. The third-order valence-corrected chi connectivity index (χ3v) is 9.26. The van der Waals surface area contributed by atoms with Gasteiger partial charge in [-0.3, -0.25) is 19.4 Å². The number of nitrogens with zero attached hydrogens (tertiary/aromatic N) is 3. The second kappa shape index (κ2) is 13.9. The number of piperidine rings is 1. The summed E-state index contributed by atoms with van der Waals surface area (Å²) in [7, 11) is 0. The van der Waals surface area contributed by atoms with Gasteiger partial charge in [0.1, 0.15) is 12.4 Å². The summed E-state index contributed by atoms with van der Waals surface area (Å²) >= 11 is 0. The number of rotatable bonds is 5. The number of morpholine rings is 1. The molecule has 0 saturated carbocycles. The number of para-hydroxylation sites is 1. The molecule has 0 unspecified atom stereocenters. The number of aromatic nitrogens is 1. The Kier molecular flexibility index (Phi) is 10.0. The maximum Gasteiger partial charge on any atom is 0.255 e. The first-order chi connectivity index (χ1) is 19.9. The van der Waals surface area contributed by atoms with E-state index in [2.05, 4.69) is 44.9 Å². The first-order valence-corrected chi connectivity index (χ1v) is 15.4. The zero-order chi connectivity index (χ0) is 28.7. The number of carbonyl (C=O) groups is 2. The Hall–Kier alpha value is -2.88. The van der Waals surface area contributed by atoms with Crippen LogP contribution < -0.4 is 15.4 Å². The topological polar surface area (TPSA) is 88.1 Å². The summed E-state index contributed by atoms with van der Waals surface area (Å²) in [5.74, 6) is 0.599. The van der Waals surface area contributed by atoms with Crippen LogP contribution in [0.1, 0.15) is 59.4 Å². The second-order valence-corrected chi connectivity index (χ2v) is 11.9. The number of carbonyl (C=O) groups excluding carboxylic acids is 2. The fraction of sp³-hybridized carbons (Fsp3) is 0.625. The highest BCUT2D eigenvalue weighted by molar-refractivity contribution is 5.96. The van der Waals surface area contributed by atoms with Crippen molar-refractivity contribution in [3.05, 3.63) is 52.8 Å². The van der Waals surface area contributed by atoms with Crippen molar-refractivity contribution in [2.24, 2.45) is 5.41 Å². The zero-order valence-electron chi connectivity index (χ0n) is 24.9. The number of amides is 2. The molecule has 1 aromatic heterocycles. The highest BCUT2D eigenvalue weighted by atomic mass is 16.5. The van der Waals surface area contributed by atoms with Gasteiger partial charge in [0.25, 0.3) is 5.91 Å². The summed E-state index contributed by atoms with van der Waals surface area (Å²) in [5.41, 5.74) is 4.25. The largest absolute Gasteiger partial charge is 0.491 e. The van der Waals surface area contributed by atoms with E-state index in [1.165, 1.54) is 17.0 Å². The molecule has 41 heavy (non-hydrogen) atoms. The maximum absolute atomic E-state index is 13.6. The molecule has 2 N–H and O–H groups in total. The van der Waals surface area contributed by atoms with Crippen LogP contribution in [0.4, 0.5) is 0 Å². The lowest BCUT2D eigenvalue weighted by Crippen LogP contribution is -2.49. The van der Waals surface area contributed by atoms with E-state index >= 15 is 0 Å². The SMILES string of the molecule is Cc1cc(CN2CCC3(CCCCNC(=O)c4ccccc4OCCNC3=O)CC2)c(C)n1CCN1CCOCC1. The third-order valence-electron chi connectivity index (χ3n) is 9.26. The standard InChI is InChI=1S/C32H47N5O4/c1-25-23-27(26(2)37(25)17-16-35-18-21-40-22-19-35)24-36-14-10-32(11-15-36)9-5-6-12-33-30(38)28-7-3-4-8-29(28)41-20-13-34-31(32)39/h3-4,7-8,23H,5-6,9-22,24H2,1-2H3,(H,33,38)(H,34,39). The molecule has 3 aliphatic rings. The smallest absolute Gasteiger partial charge is 0.255 e. The van der Waals surface area contributed by atoms with Crippen LogP contribution in [0.25, 0.3) is 0 Å². The summed E-state index contributed by atoms with van der Waals surface area (Å²) in [5, 5.41) is 6.20. The van der Waals surface area contributed by atoms with Crippen molar-refractivity contribution in [1.29, 1.82) is 0 Å². The first kappa shape index (κ1) is 29.6. The minimum absolute atomic E-state index is 0.106. The van der Waals surface area contributed by atoms with Crippen molar-refractivity contribution < 1.29 is 19.1 Å². The van der Waals surface area contributed by atoms with Gasteiger partial charge >= 0.3 is 0 Å². The minimum Gasteiger partial charge on any atom is -0.491 e. The van der Waals surface area contributed by atoms with Crippen molar-refractivity contribution in [2.75, 3.05) is 65.6 Å². The maximum atomic E-state index is 13.6. The molecule has 5 rings (SSSR count). The predicted octanol–water partition coefficient (Wildman–Crippen LogP) is 3.13. The Labute approximate surface area is 244 Å². The molecule has 9 nitrogen and oxygen atoms in total. The lowest BCUT2D eigenvalue weighted by Gasteiger charge is -2.41. The molecule has 224 valence electrons.